The maximum Gasteiger partial charge on any atom is 0.244 e. The molecular formula is C14H19FN2O3S. The number of carbonyl (C=O) groups is 1. The van der Waals surface area contributed by atoms with Gasteiger partial charge in [-0.25, -0.2) is 17.5 Å². The van der Waals surface area contributed by atoms with E-state index in [1.807, 2.05) is 0 Å². The molecule has 2 N–H and O–H groups in total. The third-order valence-electron chi connectivity index (χ3n) is 2.66. The Hall–Kier alpha value is -1.73. The molecule has 1 aromatic carbocycles. The predicted molar refractivity (Wildman–Crippen MR) is 80.5 cm³/mol. The number of halogens is 1. The summed E-state index contributed by atoms with van der Waals surface area (Å²) >= 11 is 0. The Morgan fingerprint density at radius 1 is 1.38 bits per heavy atom. The minimum Gasteiger partial charge on any atom is -0.351 e. The van der Waals surface area contributed by atoms with Crippen LogP contribution in [0.2, 0.25) is 0 Å². The number of allylic oxidation sites excluding steroid dienone is 1. The van der Waals surface area contributed by atoms with Crippen LogP contribution >= 0.6 is 0 Å². The highest BCUT2D eigenvalue weighted by Crippen LogP contribution is 2.14. The van der Waals surface area contributed by atoms with E-state index in [1.54, 1.807) is 26.0 Å². The second kappa shape index (κ2) is 7.90. The van der Waals surface area contributed by atoms with E-state index in [-0.39, 0.29) is 18.1 Å². The lowest BCUT2D eigenvalue weighted by molar-refractivity contribution is -0.116. The van der Waals surface area contributed by atoms with Gasteiger partial charge in [0.05, 0.1) is 5.75 Å². The van der Waals surface area contributed by atoms with E-state index in [0.29, 0.717) is 17.7 Å². The molecule has 1 aromatic rings. The van der Waals surface area contributed by atoms with E-state index in [4.69, 9.17) is 0 Å². The molecule has 0 spiro atoms. The van der Waals surface area contributed by atoms with Gasteiger partial charge < -0.3 is 5.32 Å². The first-order chi connectivity index (χ1) is 9.84. The van der Waals surface area contributed by atoms with Crippen molar-refractivity contribution in [2.24, 2.45) is 0 Å². The number of amides is 1. The van der Waals surface area contributed by atoms with Gasteiger partial charge in [-0.1, -0.05) is 19.1 Å². The van der Waals surface area contributed by atoms with Crippen molar-refractivity contribution >= 4 is 21.5 Å². The highest BCUT2D eigenvalue weighted by Gasteiger charge is 2.08. The average molecular weight is 314 g/mol. The number of nitrogens with one attached hydrogen (secondary N) is 2. The molecule has 0 radical (unpaired) electrons. The van der Waals surface area contributed by atoms with Gasteiger partial charge >= 0.3 is 0 Å². The molecule has 0 heterocycles. The van der Waals surface area contributed by atoms with Crippen LogP contribution in [0, 0.1) is 5.82 Å². The zero-order valence-electron chi connectivity index (χ0n) is 12.0. The monoisotopic (exact) mass is 314 g/mol. The normalized spacial score (nSPS) is 12.2. The lowest BCUT2D eigenvalue weighted by Crippen LogP contribution is -2.33. The van der Waals surface area contributed by atoms with Gasteiger partial charge in [-0.3, -0.25) is 4.79 Å². The van der Waals surface area contributed by atoms with Crippen LogP contribution in [0.15, 0.2) is 30.3 Å². The topological polar surface area (TPSA) is 75.3 Å². The fourth-order valence-corrected chi connectivity index (χ4v) is 2.62. The zero-order chi connectivity index (χ0) is 15.9. The molecule has 7 heteroatoms. The summed E-state index contributed by atoms with van der Waals surface area (Å²) < 4.78 is 38.1. The Balaban J connectivity index is 2.55. The van der Waals surface area contributed by atoms with Crippen molar-refractivity contribution in [2.45, 2.75) is 13.8 Å². The van der Waals surface area contributed by atoms with Crippen molar-refractivity contribution < 1.29 is 17.6 Å². The van der Waals surface area contributed by atoms with Gasteiger partial charge in [-0.2, -0.15) is 0 Å². The Morgan fingerprint density at radius 3 is 2.71 bits per heavy atom. The molecule has 5 nitrogen and oxygen atoms in total. The van der Waals surface area contributed by atoms with E-state index in [2.05, 4.69) is 10.0 Å². The summed E-state index contributed by atoms with van der Waals surface area (Å²) in [4.78, 5) is 11.7. The molecular weight excluding hydrogens is 295 g/mol. The van der Waals surface area contributed by atoms with Gasteiger partial charge in [-0.05, 0) is 30.2 Å². The summed E-state index contributed by atoms with van der Waals surface area (Å²) in [5, 5.41) is 2.48. The molecule has 0 fully saturated rings. The van der Waals surface area contributed by atoms with Gasteiger partial charge in [0.25, 0.3) is 0 Å². The minimum atomic E-state index is -3.35. The number of hydrogen-bond donors (Lipinski definition) is 2. The molecule has 0 saturated carbocycles. The largest absolute Gasteiger partial charge is 0.351 e. The SMILES string of the molecule is CCNS(=O)(=O)CCNC(=O)/C=C(\C)c1cccc(F)c1. The maximum absolute atomic E-state index is 13.1. The van der Waals surface area contributed by atoms with Gasteiger partial charge in [0.15, 0.2) is 0 Å². The van der Waals surface area contributed by atoms with Crippen molar-refractivity contribution in [3.63, 3.8) is 0 Å². The first kappa shape index (κ1) is 17.3. The van der Waals surface area contributed by atoms with Gasteiger partial charge in [0.1, 0.15) is 5.82 Å². The molecule has 0 aliphatic heterocycles. The molecule has 0 saturated heterocycles. The molecule has 0 bridgehead atoms. The van der Waals surface area contributed by atoms with E-state index in [1.165, 1.54) is 18.2 Å². The van der Waals surface area contributed by atoms with E-state index in [9.17, 15) is 17.6 Å². The Morgan fingerprint density at radius 2 is 2.10 bits per heavy atom. The van der Waals surface area contributed by atoms with Crippen LogP contribution < -0.4 is 10.0 Å². The van der Waals surface area contributed by atoms with Gasteiger partial charge in [0.2, 0.25) is 15.9 Å². The summed E-state index contributed by atoms with van der Waals surface area (Å²) in [6.45, 7) is 3.70. The van der Waals surface area contributed by atoms with Crippen molar-refractivity contribution in [3.05, 3.63) is 41.7 Å². The smallest absolute Gasteiger partial charge is 0.244 e. The number of hydrogen-bond acceptors (Lipinski definition) is 3. The quantitative estimate of drug-likeness (QED) is 0.745. The van der Waals surface area contributed by atoms with Crippen LogP contribution in [0.1, 0.15) is 19.4 Å². The Kier molecular flexibility index (Phi) is 6.51. The number of sulfonamides is 1. The van der Waals surface area contributed by atoms with Crippen molar-refractivity contribution in [1.82, 2.24) is 10.0 Å². The molecule has 116 valence electrons. The van der Waals surface area contributed by atoms with Crippen LogP contribution in [0.25, 0.3) is 5.57 Å². The first-order valence-corrected chi connectivity index (χ1v) is 8.18. The maximum atomic E-state index is 13.1. The summed E-state index contributed by atoms with van der Waals surface area (Å²) in [5.41, 5.74) is 1.20. The molecule has 1 amide bonds. The molecule has 0 aromatic heterocycles. The molecule has 0 aliphatic rings. The number of rotatable bonds is 7. The molecule has 0 atom stereocenters. The standard InChI is InChI=1S/C14H19FN2O3S/c1-3-17-21(19,20)8-7-16-14(18)9-11(2)12-5-4-6-13(15)10-12/h4-6,9-10,17H,3,7-8H2,1-2H3,(H,16,18)/b11-9+. The van der Waals surface area contributed by atoms with Gasteiger partial charge in [-0.15, -0.1) is 0 Å². The number of carbonyl (C=O) groups excluding carboxylic acids is 1. The lowest BCUT2D eigenvalue weighted by atomic mass is 10.1. The average Bonchev–Trinajstić information content (AvgIpc) is 2.38. The Labute approximate surface area is 124 Å². The second-order valence-electron chi connectivity index (χ2n) is 4.45. The Bertz CT molecular complexity index is 627. The van der Waals surface area contributed by atoms with Crippen molar-refractivity contribution in [2.75, 3.05) is 18.8 Å². The highest BCUT2D eigenvalue weighted by molar-refractivity contribution is 7.89. The van der Waals surface area contributed by atoms with Crippen molar-refractivity contribution in [1.29, 1.82) is 0 Å². The molecule has 1 rings (SSSR count). The van der Waals surface area contributed by atoms with Crippen LogP contribution in [-0.4, -0.2) is 33.2 Å². The summed E-state index contributed by atoms with van der Waals surface area (Å²) in [6.07, 6.45) is 1.31. The van der Waals surface area contributed by atoms with Crippen LogP contribution in [0.4, 0.5) is 4.39 Å². The second-order valence-corrected chi connectivity index (χ2v) is 6.37. The summed E-state index contributed by atoms with van der Waals surface area (Å²) in [5.74, 6) is -0.972. The zero-order valence-corrected chi connectivity index (χ0v) is 12.8. The lowest BCUT2D eigenvalue weighted by Gasteiger charge is -2.06. The van der Waals surface area contributed by atoms with Crippen LogP contribution in [0.3, 0.4) is 0 Å². The summed E-state index contributed by atoms with van der Waals surface area (Å²) in [6, 6.07) is 5.90. The van der Waals surface area contributed by atoms with E-state index >= 15 is 0 Å². The molecule has 0 unspecified atom stereocenters. The third kappa shape index (κ3) is 6.50. The van der Waals surface area contributed by atoms with E-state index in [0.717, 1.165) is 0 Å². The minimum absolute atomic E-state index is 0.0150. The van der Waals surface area contributed by atoms with Crippen molar-refractivity contribution in [3.8, 4) is 0 Å². The fourth-order valence-electron chi connectivity index (χ4n) is 1.67. The highest BCUT2D eigenvalue weighted by atomic mass is 32.2. The van der Waals surface area contributed by atoms with Gasteiger partial charge in [0, 0.05) is 19.2 Å². The third-order valence-corrected chi connectivity index (χ3v) is 4.13. The first-order valence-electron chi connectivity index (χ1n) is 6.53. The summed E-state index contributed by atoms with van der Waals surface area (Å²) in [7, 11) is -3.35. The van der Waals surface area contributed by atoms with E-state index < -0.39 is 15.9 Å². The predicted octanol–water partition coefficient (Wildman–Crippen LogP) is 1.28. The molecule has 21 heavy (non-hydrogen) atoms. The van der Waals surface area contributed by atoms with Crippen LogP contribution in [-0.2, 0) is 14.8 Å². The molecule has 0 aliphatic carbocycles. The number of benzene rings is 1. The van der Waals surface area contributed by atoms with Crippen LogP contribution in [0.5, 0.6) is 0 Å². The fraction of sp³-hybridized carbons (Fsp3) is 0.357.